The summed E-state index contributed by atoms with van der Waals surface area (Å²) in [6, 6.07) is 4.46. The van der Waals surface area contributed by atoms with Crippen molar-refractivity contribution in [3.8, 4) is 5.75 Å². The van der Waals surface area contributed by atoms with Crippen molar-refractivity contribution in [2.24, 2.45) is 11.8 Å². The molecule has 1 saturated heterocycles. The maximum atomic E-state index is 14.0. The molecule has 0 bridgehead atoms. The van der Waals surface area contributed by atoms with E-state index >= 15 is 0 Å². The Morgan fingerprint density at radius 1 is 1.46 bits per heavy atom. The van der Waals surface area contributed by atoms with Gasteiger partial charge in [-0.2, -0.15) is 0 Å². The van der Waals surface area contributed by atoms with Gasteiger partial charge in [-0.15, -0.1) is 0 Å². The van der Waals surface area contributed by atoms with E-state index in [0.717, 1.165) is 25.9 Å². The average Bonchev–Trinajstić information content (AvgIpc) is 2.57. The molecule has 0 saturated carbocycles. The minimum atomic E-state index is -0.492. The molecule has 0 spiro atoms. The maximum Gasteiger partial charge on any atom is 0.224 e. The molecule has 1 aromatic carbocycles. The summed E-state index contributed by atoms with van der Waals surface area (Å²) in [5.74, 6) is 0.415. The summed E-state index contributed by atoms with van der Waals surface area (Å²) in [5.41, 5.74) is 0.450. The van der Waals surface area contributed by atoms with Gasteiger partial charge in [0.05, 0.1) is 6.61 Å². The van der Waals surface area contributed by atoms with E-state index in [4.69, 9.17) is 9.47 Å². The Morgan fingerprint density at radius 2 is 2.29 bits per heavy atom. The second-order valence-corrected chi connectivity index (χ2v) is 6.32. The lowest BCUT2D eigenvalue weighted by molar-refractivity contribution is -0.117. The van der Waals surface area contributed by atoms with Gasteiger partial charge in [-0.05, 0) is 49.9 Å². The van der Waals surface area contributed by atoms with Crippen molar-refractivity contribution < 1.29 is 18.7 Å². The van der Waals surface area contributed by atoms with Gasteiger partial charge < -0.3 is 20.1 Å². The Bertz CT molecular complexity index is 533. The van der Waals surface area contributed by atoms with Crippen molar-refractivity contribution in [1.82, 2.24) is 5.32 Å². The van der Waals surface area contributed by atoms with Crippen LogP contribution in [0, 0.1) is 17.7 Å². The molecule has 1 fully saturated rings. The highest BCUT2D eigenvalue weighted by Crippen LogP contribution is 2.24. The molecule has 134 valence electrons. The number of hydrogen-bond acceptors (Lipinski definition) is 4. The van der Waals surface area contributed by atoms with Crippen LogP contribution in [0.5, 0.6) is 5.75 Å². The molecule has 0 aromatic heterocycles. The van der Waals surface area contributed by atoms with Crippen LogP contribution in [0.3, 0.4) is 0 Å². The molecule has 2 rings (SSSR count). The topological polar surface area (TPSA) is 59.6 Å². The molecule has 1 aromatic rings. The molecule has 2 unspecified atom stereocenters. The Labute approximate surface area is 142 Å². The second kappa shape index (κ2) is 9.59. The van der Waals surface area contributed by atoms with Crippen LogP contribution in [0.15, 0.2) is 18.2 Å². The van der Waals surface area contributed by atoms with Crippen molar-refractivity contribution in [2.75, 3.05) is 38.7 Å². The SMILES string of the molecule is COCCOc1ccc(NC(=O)CC(C)C2CCCNC2)cc1F. The van der Waals surface area contributed by atoms with Crippen LogP contribution < -0.4 is 15.4 Å². The largest absolute Gasteiger partial charge is 0.488 e. The van der Waals surface area contributed by atoms with Gasteiger partial charge in [0.15, 0.2) is 11.6 Å². The van der Waals surface area contributed by atoms with Gasteiger partial charge in [0.2, 0.25) is 5.91 Å². The van der Waals surface area contributed by atoms with Gasteiger partial charge in [0.25, 0.3) is 0 Å². The number of rotatable bonds is 8. The van der Waals surface area contributed by atoms with E-state index < -0.39 is 5.82 Å². The molecule has 1 aliphatic heterocycles. The van der Waals surface area contributed by atoms with Crippen molar-refractivity contribution in [3.05, 3.63) is 24.0 Å². The van der Waals surface area contributed by atoms with Crippen LogP contribution in [-0.2, 0) is 9.53 Å². The van der Waals surface area contributed by atoms with Crippen LogP contribution in [0.2, 0.25) is 0 Å². The Kier molecular flexibility index (Phi) is 7.46. The molecule has 1 aliphatic rings. The summed E-state index contributed by atoms with van der Waals surface area (Å²) in [6.07, 6.45) is 2.76. The first-order valence-electron chi connectivity index (χ1n) is 8.52. The fourth-order valence-corrected chi connectivity index (χ4v) is 2.97. The third-order valence-electron chi connectivity index (χ3n) is 4.41. The van der Waals surface area contributed by atoms with E-state index in [2.05, 4.69) is 17.6 Å². The van der Waals surface area contributed by atoms with Crippen molar-refractivity contribution >= 4 is 11.6 Å². The number of piperidine rings is 1. The normalized spacial score (nSPS) is 18.9. The minimum absolute atomic E-state index is 0.0828. The third-order valence-corrected chi connectivity index (χ3v) is 4.41. The summed E-state index contributed by atoms with van der Waals surface area (Å²) >= 11 is 0. The third kappa shape index (κ3) is 5.76. The average molecular weight is 338 g/mol. The van der Waals surface area contributed by atoms with E-state index in [1.165, 1.54) is 12.1 Å². The van der Waals surface area contributed by atoms with Gasteiger partial charge in [-0.1, -0.05) is 6.92 Å². The zero-order valence-corrected chi connectivity index (χ0v) is 14.4. The summed E-state index contributed by atoms with van der Waals surface area (Å²) in [4.78, 5) is 12.2. The van der Waals surface area contributed by atoms with Crippen LogP contribution in [0.25, 0.3) is 0 Å². The minimum Gasteiger partial charge on any atom is -0.488 e. The Balaban J connectivity index is 1.83. The molecule has 2 atom stereocenters. The highest BCUT2D eigenvalue weighted by molar-refractivity contribution is 5.90. The highest BCUT2D eigenvalue weighted by atomic mass is 19.1. The zero-order valence-electron chi connectivity index (χ0n) is 14.4. The van der Waals surface area contributed by atoms with Crippen LogP contribution in [0.1, 0.15) is 26.2 Å². The maximum absolute atomic E-state index is 14.0. The molecule has 5 nitrogen and oxygen atoms in total. The lowest BCUT2D eigenvalue weighted by atomic mass is 9.85. The highest BCUT2D eigenvalue weighted by Gasteiger charge is 2.22. The summed E-state index contributed by atoms with van der Waals surface area (Å²) < 4.78 is 24.1. The van der Waals surface area contributed by atoms with Crippen LogP contribution in [-0.4, -0.2) is 39.3 Å². The summed E-state index contributed by atoms with van der Waals surface area (Å²) in [5, 5.41) is 6.14. The standard InChI is InChI=1S/C18H27FN2O3/c1-13(14-4-3-7-20-12-14)10-18(22)21-15-5-6-17(16(19)11-15)24-9-8-23-2/h5-6,11,13-14,20H,3-4,7-10,12H2,1-2H3,(H,21,22). The van der Waals surface area contributed by atoms with Crippen molar-refractivity contribution in [3.63, 3.8) is 0 Å². The Morgan fingerprint density at radius 3 is 2.96 bits per heavy atom. The molecule has 1 heterocycles. The number of methoxy groups -OCH3 is 1. The van der Waals surface area contributed by atoms with Gasteiger partial charge in [-0.25, -0.2) is 4.39 Å². The van der Waals surface area contributed by atoms with Gasteiger partial charge in [0, 0.05) is 25.3 Å². The molecule has 0 aliphatic carbocycles. The molecule has 1 amide bonds. The summed E-state index contributed by atoms with van der Waals surface area (Å²) in [7, 11) is 1.56. The molecule has 6 heteroatoms. The molecule has 0 radical (unpaired) electrons. The first kappa shape index (κ1) is 18.7. The number of carbonyl (C=O) groups is 1. The van der Waals surface area contributed by atoms with Crippen molar-refractivity contribution in [2.45, 2.75) is 26.2 Å². The lowest BCUT2D eigenvalue weighted by Gasteiger charge is -2.28. The van der Waals surface area contributed by atoms with E-state index in [-0.39, 0.29) is 18.3 Å². The van der Waals surface area contributed by atoms with Crippen molar-refractivity contribution in [1.29, 1.82) is 0 Å². The predicted molar refractivity (Wildman–Crippen MR) is 91.8 cm³/mol. The molecular formula is C18H27FN2O3. The molecule has 2 N–H and O–H groups in total. The first-order chi connectivity index (χ1) is 11.6. The van der Waals surface area contributed by atoms with E-state index in [1.807, 2.05) is 0 Å². The van der Waals surface area contributed by atoms with Gasteiger partial charge in [0.1, 0.15) is 6.61 Å². The number of ether oxygens (including phenoxy) is 2. The number of hydrogen-bond donors (Lipinski definition) is 2. The van der Waals surface area contributed by atoms with E-state index in [1.54, 1.807) is 13.2 Å². The summed E-state index contributed by atoms with van der Waals surface area (Å²) in [6.45, 7) is 4.81. The smallest absolute Gasteiger partial charge is 0.224 e. The van der Waals surface area contributed by atoms with E-state index in [9.17, 15) is 9.18 Å². The number of halogens is 1. The fraction of sp³-hybridized carbons (Fsp3) is 0.611. The number of carbonyl (C=O) groups excluding carboxylic acids is 1. The number of benzene rings is 1. The number of anilines is 1. The monoisotopic (exact) mass is 338 g/mol. The van der Waals surface area contributed by atoms with Crippen LogP contribution >= 0.6 is 0 Å². The number of amides is 1. The van der Waals surface area contributed by atoms with Gasteiger partial charge in [-0.3, -0.25) is 4.79 Å². The van der Waals surface area contributed by atoms with E-state index in [0.29, 0.717) is 30.6 Å². The lowest BCUT2D eigenvalue weighted by Crippen LogP contribution is -2.34. The second-order valence-electron chi connectivity index (χ2n) is 6.32. The predicted octanol–water partition coefficient (Wildman–Crippen LogP) is 2.82. The van der Waals surface area contributed by atoms with Gasteiger partial charge >= 0.3 is 0 Å². The number of nitrogens with one attached hydrogen (secondary N) is 2. The van der Waals surface area contributed by atoms with Crippen LogP contribution in [0.4, 0.5) is 10.1 Å². The quantitative estimate of drug-likeness (QED) is 0.716. The Hall–Kier alpha value is -1.66. The zero-order chi connectivity index (χ0) is 17.4. The first-order valence-corrected chi connectivity index (χ1v) is 8.52. The molecular weight excluding hydrogens is 311 g/mol. The molecule has 24 heavy (non-hydrogen) atoms. The fourth-order valence-electron chi connectivity index (χ4n) is 2.97.